The van der Waals surface area contributed by atoms with Crippen LogP contribution in [-0.4, -0.2) is 22.9 Å². The molecule has 1 N–H and O–H groups in total. The van der Waals surface area contributed by atoms with E-state index in [4.69, 9.17) is 0 Å². The van der Waals surface area contributed by atoms with Gasteiger partial charge in [0.05, 0.1) is 5.56 Å². The molecule has 1 aromatic heterocycles. The third-order valence-electron chi connectivity index (χ3n) is 3.14. The van der Waals surface area contributed by atoms with Crippen molar-refractivity contribution in [3.63, 3.8) is 0 Å². The van der Waals surface area contributed by atoms with Gasteiger partial charge in [-0.3, -0.25) is 4.79 Å². The van der Waals surface area contributed by atoms with Crippen LogP contribution < -0.4 is 4.90 Å². The number of hydrogen-bond donors (Lipinski definition) is 1. The second-order valence-electron chi connectivity index (χ2n) is 4.40. The predicted molar refractivity (Wildman–Crippen MR) is 67.9 cm³/mol. The van der Waals surface area contributed by atoms with Crippen molar-refractivity contribution in [3.05, 3.63) is 53.2 Å². The lowest BCUT2D eigenvalue weighted by molar-refractivity contribution is 0.103. The lowest BCUT2D eigenvalue weighted by Gasteiger charge is -2.17. The molecule has 90 valence electrons. The van der Waals surface area contributed by atoms with Gasteiger partial charge in [-0.1, -0.05) is 6.07 Å². The number of ketones is 1. The molecule has 1 aromatic carbocycles. The van der Waals surface area contributed by atoms with Crippen LogP contribution in [0.15, 0.2) is 36.5 Å². The molecule has 0 radical (unpaired) electrons. The van der Waals surface area contributed by atoms with Gasteiger partial charge in [-0.2, -0.15) is 0 Å². The van der Waals surface area contributed by atoms with Gasteiger partial charge in [-0.05, 0) is 29.8 Å². The highest BCUT2D eigenvalue weighted by molar-refractivity contribution is 6.13. The number of anilines is 1. The monoisotopic (exact) mass is 240 g/mol. The Morgan fingerprint density at radius 1 is 1.28 bits per heavy atom. The first-order chi connectivity index (χ1) is 8.66. The Bertz CT molecular complexity index is 637. The molecule has 0 bridgehead atoms. The number of benzene rings is 1. The molecule has 2 heterocycles. The minimum Gasteiger partial charge on any atom is -0.508 e. The minimum absolute atomic E-state index is 0.0895. The highest BCUT2D eigenvalue weighted by Crippen LogP contribution is 2.29. The fourth-order valence-corrected chi connectivity index (χ4v) is 2.27. The van der Waals surface area contributed by atoms with Crippen LogP contribution in [0.5, 0.6) is 5.75 Å². The molecule has 3 rings (SSSR count). The van der Waals surface area contributed by atoms with Crippen LogP contribution in [0.1, 0.15) is 21.5 Å². The zero-order valence-corrected chi connectivity index (χ0v) is 9.92. The number of aromatic hydroxyl groups is 1. The van der Waals surface area contributed by atoms with Crippen molar-refractivity contribution in [1.82, 2.24) is 4.98 Å². The van der Waals surface area contributed by atoms with E-state index in [0.29, 0.717) is 23.5 Å². The molecule has 2 aromatic rings. The summed E-state index contributed by atoms with van der Waals surface area (Å²) in [6.07, 6.45) is 1.68. The number of fused-ring (bicyclic) bond motifs is 2. The van der Waals surface area contributed by atoms with Crippen molar-refractivity contribution in [2.75, 3.05) is 11.9 Å². The SMILES string of the molecule is CN1Cc2ccc(O)cc2C(=O)c2cccnc21. The van der Waals surface area contributed by atoms with Crippen LogP contribution in [0.3, 0.4) is 0 Å². The van der Waals surface area contributed by atoms with Gasteiger partial charge in [0.15, 0.2) is 5.78 Å². The summed E-state index contributed by atoms with van der Waals surface area (Å²) in [5.41, 5.74) is 2.02. The van der Waals surface area contributed by atoms with Crippen molar-refractivity contribution in [1.29, 1.82) is 0 Å². The van der Waals surface area contributed by atoms with E-state index < -0.39 is 0 Å². The number of hydrogen-bond acceptors (Lipinski definition) is 4. The maximum Gasteiger partial charge on any atom is 0.197 e. The molecule has 0 spiro atoms. The fraction of sp³-hybridized carbons (Fsp3) is 0.143. The summed E-state index contributed by atoms with van der Waals surface area (Å²) in [5.74, 6) is 0.698. The molecule has 4 nitrogen and oxygen atoms in total. The largest absolute Gasteiger partial charge is 0.508 e. The number of carbonyl (C=O) groups excluding carboxylic acids is 1. The van der Waals surface area contributed by atoms with E-state index in [1.165, 1.54) is 6.07 Å². The average Bonchev–Trinajstić information content (AvgIpc) is 2.48. The maximum atomic E-state index is 12.4. The summed E-state index contributed by atoms with van der Waals surface area (Å²) < 4.78 is 0. The van der Waals surface area contributed by atoms with Gasteiger partial charge in [0.2, 0.25) is 0 Å². The van der Waals surface area contributed by atoms with Gasteiger partial charge in [-0.15, -0.1) is 0 Å². The lowest BCUT2D eigenvalue weighted by atomic mass is 10.00. The van der Waals surface area contributed by atoms with Crippen LogP contribution >= 0.6 is 0 Å². The number of rotatable bonds is 0. The van der Waals surface area contributed by atoms with Crippen LogP contribution in [-0.2, 0) is 6.54 Å². The molecule has 0 saturated carbocycles. The van der Waals surface area contributed by atoms with Gasteiger partial charge < -0.3 is 10.0 Å². The smallest absolute Gasteiger partial charge is 0.197 e. The molecule has 0 aliphatic carbocycles. The van der Waals surface area contributed by atoms with Gasteiger partial charge in [0.1, 0.15) is 11.6 Å². The Morgan fingerprint density at radius 2 is 2.11 bits per heavy atom. The number of nitrogens with zero attached hydrogens (tertiary/aromatic N) is 2. The topological polar surface area (TPSA) is 53.4 Å². The number of pyridine rings is 1. The Morgan fingerprint density at radius 3 is 2.94 bits per heavy atom. The number of aromatic nitrogens is 1. The number of phenols is 1. The highest BCUT2D eigenvalue weighted by atomic mass is 16.3. The lowest BCUT2D eigenvalue weighted by Crippen LogP contribution is -2.17. The molecule has 0 amide bonds. The highest BCUT2D eigenvalue weighted by Gasteiger charge is 2.24. The zero-order chi connectivity index (χ0) is 12.7. The van der Waals surface area contributed by atoms with E-state index in [2.05, 4.69) is 4.98 Å². The molecule has 1 aliphatic rings. The van der Waals surface area contributed by atoms with Gasteiger partial charge in [0.25, 0.3) is 0 Å². The van der Waals surface area contributed by atoms with Crippen molar-refractivity contribution < 1.29 is 9.90 Å². The Kier molecular flexibility index (Phi) is 2.30. The number of phenolic OH excluding ortho intramolecular Hbond substituents is 1. The van der Waals surface area contributed by atoms with Crippen molar-refractivity contribution in [3.8, 4) is 5.75 Å². The molecule has 0 unspecified atom stereocenters. The van der Waals surface area contributed by atoms with E-state index in [-0.39, 0.29) is 11.5 Å². The quantitative estimate of drug-likeness (QED) is 0.765. The molecule has 0 saturated heterocycles. The Hall–Kier alpha value is -2.36. The van der Waals surface area contributed by atoms with Crippen molar-refractivity contribution in [2.45, 2.75) is 6.54 Å². The first-order valence-electron chi connectivity index (χ1n) is 5.69. The van der Waals surface area contributed by atoms with Crippen LogP contribution in [0, 0.1) is 0 Å². The summed E-state index contributed by atoms with van der Waals surface area (Å²) in [7, 11) is 1.90. The standard InChI is InChI=1S/C14H12N2O2/c1-16-8-9-4-5-10(17)7-12(9)13(18)11-3-2-6-15-14(11)16/h2-7,17H,8H2,1H3. The summed E-state index contributed by atoms with van der Waals surface area (Å²) in [6.45, 7) is 0.603. The van der Waals surface area contributed by atoms with Crippen LogP contribution in [0.4, 0.5) is 5.82 Å². The molecular formula is C14H12N2O2. The average molecular weight is 240 g/mol. The molecule has 1 aliphatic heterocycles. The molecule has 0 atom stereocenters. The molecule has 18 heavy (non-hydrogen) atoms. The molecule has 4 heteroatoms. The van der Waals surface area contributed by atoms with Crippen LogP contribution in [0.2, 0.25) is 0 Å². The van der Waals surface area contributed by atoms with Crippen molar-refractivity contribution in [2.24, 2.45) is 0 Å². The normalized spacial score (nSPS) is 13.8. The van der Waals surface area contributed by atoms with Gasteiger partial charge in [-0.25, -0.2) is 4.98 Å². The first kappa shape index (κ1) is 10.8. The minimum atomic E-state index is -0.0895. The second-order valence-corrected chi connectivity index (χ2v) is 4.40. The van der Waals surface area contributed by atoms with Crippen LogP contribution in [0.25, 0.3) is 0 Å². The predicted octanol–water partition coefficient (Wildman–Crippen LogP) is 1.97. The van der Waals surface area contributed by atoms with Gasteiger partial charge >= 0.3 is 0 Å². The summed E-state index contributed by atoms with van der Waals surface area (Å²) in [4.78, 5) is 18.6. The van der Waals surface area contributed by atoms with E-state index >= 15 is 0 Å². The fourth-order valence-electron chi connectivity index (χ4n) is 2.27. The molecule has 0 fully saturated rings. The Labute approximate surface area is 105 Å². The summed E-state index contributed by atoms with van der Waals surface area (Å²) >= 11 is 0. The third-order valence-corrected chi connectivity index (χ3v) is 3.14. The summed E-state index contributed by atoms with van der Waals surface area (Å²) in [6, 6.07) is 8.42. The van der Waals surface area contributed by atoms with Crippen molar-refractivity contribution >= 4 is 11.6 Å². The van der Waals surface area contributed by atoms with E-state index in [9.17, 15) is 9.90 Å². The molecular weight excluding hydrogens is 228 g/mol. The second kappa shape index (κ2) is 3.84. The zero-order valence-electron chi connectivity index (χ0n) is 9.92. The maximum absolute atomic E-state index is 12.4. The van der Waals surface area contributed by atoms with E-state index in [1.54, 1.807) is 30.5 Å². The van der Waals surface area contributed by atoms with Gasteiger partial charge in [0, 0.05) is 25.4 Å². The Balaban J connectivity index is 2.26. The third kappa shape index (κ3) is 1.54. The number of carbonyl (C=O) groups is 1. The van der Waals surface area contributed by atoms with E-state index in [1.807, 2.05) is 11.9 Å². The first-order valence-corrected chi connectivity index (χ1v) is 5.69. The van der Waals surface area contributed by atoms with E-state index in [0.717, 1.165) is 5.56 Å². The summed E-state index contributed by atoms with van der Waals surface area (Å²) in [5, 5.41) is 9.53.